The van der Waals surface area contributed by atoms with Crippen LogP contribution in [0.4, 0.5) is 11.4 Å². The molecule has 0 atom stereocenters. The Morgan fingerprint density at radius 1 is 1.00 bits per heavy atom. The van der Waals surface area contributed by atoms with Gasteiger partial charge in [-0.05, 0) is 30.2 Å². The van der Waals surface area contributed by atoms with Gasteiger partial charge in [0, 0.05) is 17.9 Å². The van der Waals surface area contributed by atoms with Crippen LogP contribution in [0.1, 0.15) is 12.0 Å². The Morgan fingerprint density at radius 2 is 1.71 bits per heavy atom. The van der Waals surface area contributed by atoms with Gasteiger partial charge in [-0.2, -0.15) is 0 Å². The molecule has 106 valence electrons. The average Bonchev–Trinajstić information content (AvgIpc) is 2.92. The van der Waals surface area contributed by atoms with Crippen LogP contribution >= 0.6 is 0 Å². The van der Waals surface area contributed by atoms with Gasteiger partial charge in [0.05, 0.1) is 0 Å². The van der Waals surface area contributed by atoms with Crippen molar-refractivity contribution in [2.45, 2.75) is 12.8 Å². The van der Waals surface area contributed by atoms with E-state index in [9.17, 15) is 9.59 Å². The van der Waals surface area contributed by atoms with Crippen LogP contribution in [0.25, 0.3) is 0 Å². The lowest BCUT2D eigenvalue weighted by atomic mass is 10.2. The summed E-state index contributed by atoms with van der Waals surface area (Å²) >= 11 is 0. The summed E-state index contributed by atoms with van der Waals surface area (Å²) in [6, 6.07) is 17.0. The molecule has 4 heteroatoms. The first kappa shape index (κ1) is 13.4. The van der Waals surface area contributed by atoms with Gasteiger partial charge in [-0.15, -0.1) is 0 Å². The lowest BCUT2D eigenvalue weighted by Crippen LogP contribution is -2.32. The summed E-state index contributed by atoms with van der Waals surface area (Å²) in [7, 11) is 0. The van der Waals surface area contributed by atoms with Gasteiger partial charge in [-0.1, -0.05) is 36.4 Å². The summed E-state index contributed by atoms with van der Waals surface area (Å²) < 4.78 is 0. The van der Waals surface area contributed by atoms with Gasteiger partial charge in [0.2, 0.25) is 11.8 Å². The van der Waals surface area contributed by atoms with E-state index in [1.165, 1.54) is 0 Å². The highest BCUT2D eigenvalue weighted by Crippen LogP contribution is 2.27. The topological polar surface area (TPSA) is 49.4 Å². The van der Waals surface area contributed by atoms with Crippen LogP contribution in [0.15, 0.2) is 54.6 Å². The predicted molar refractivity (Wildman–Crippen MR) is 82.2 cm³/mol. The van der Waals surface area contributed by atoms with Gasteiger partial charge < -0.3 is 10.2 Å². The zero-order valence-electron chi connectivity index (χ0n) is 11.6. The Labute approximate surface area is 123 Å². The number of benzene rings is 2. The second-order valence-electron chi connectivity index (χ2n) is 5.02. The maximum absolute atomic E-state index is 12.3. The molecule has 0 unspecified atom stereocenters. The maximum atomic E-state index is 12.3. The van der Waals surface area contributed by atoms with Crippen molar-refractivity contribution in [3.63, 3.8) is 0 Å². The van der Waals surface area contributed by atoms with Crippen molar-refractivity contribution < 1.29 is 9.59 Å². The smallest absolute Gasteiger partial charge is 0.236 e. The monoisotopic (exact) mass is 280 g/mol. The average molecular weight is 280 g/mol. The van der Waals surface area contributed by atoms with Gasteiger partial charge in [-0.3, -0.25) is 9.59 Å². The quantitative estimate of drug-likeness (QED) is 0.879. The second-order valence-corrected chi connectivity index (χ2v) is 5.02. The van der Waals surface area contributed by atoms with Crippen molar-refractivity contribution in [2.75, 3.05) is 16.8 Å². The number of nitrogens with one attached hydrogen (secondary N) is 1. The number of para-hydroxylation sites is 2. The Hall–Kier alpha value is -2.62. The number of hydrogen-bond acceptors (Lipinski definition) is 2. The number of hydrogen-bond donors (Lipinski definition) is 1. The molecule has 4 nitrogen and oxygen atoms in total. The van der Waals surface area contributed by atoms with Crippen molar-refractivity contribution >= 4 is 23.2 Å². The molecule has 1 aliphatic heterocycles. The molecular formula is C17H16N2O2. The van der Waals surface area contributed by atoms with Gasteiger partial charge in [0.25, 0.3) is 0 Å². The molecular weight excluding hydrogens is 264 g/mol. The standard InChI is InChI=1S/C17H16N2O2/c20-16(18-14-7-2-1-3-8-14)12-17(21)19-11-10-13-6-4-5-9-15(13)19/h1-9H,10-12H2,(H,18,20). The second kappa shape index (κ2) is 5.79. The summed E-state index contributed by atoms with van der Waals surface area (Å²) in [5, 5.41) is 2.73. The zero-order chi connectivity index (χ0) is 14.7. The molecule has 1 heterocycles. The van der Waals surface area contributed by atoms with Crippen LogP contribution in [0, 0.1) is 0 Å². The zero-order valence-corrected chi connectivity index (χ0v) is 11.6. The van der Waals surface area contributed by atoms with Gasteiger partial charge in [0.1, 0.15) is 6.42 Å². The molecule has 0 bridgehead atoms. The third-order valence-corrected chi connectivity index (χ3v) is 3.56. The Bertz CT molecular complexity index is 668. The van der Waals surface area contributed by atoms with Crippen LogP contribution in [-0.2, 0) is 16.0 Å². The summed E-state index contributed by atoms with van der Waals surface area (Å²) in [5.74, 6) is -0.441. The molecule has 0 aliphatic carbocycles. The summed E-state index contributed by atoms with van der Waals surface area (Å²) in [5.41, 5.74) is 2.79. The number of fused-ring (bicyclic) bond motifs is 1. The Morgan fingerprint density at radius 3 is 2.52 bits per heavy atom. The highest BCUT2D eigenvalue weighted by molar-refractivity contribution is 6.09. The Balaban J connectivity index is 1.64. The fraction of sp³-hybridized carbons (Fsp3) is 0.176. The highest BCUT2D eigenvalue weighted by Gasteiger charge is 2.25. The molecule has 0 aromatic heterocycles. The van der Waals surface area contributed by atoms with E-state index in [1.54, 1.807) is 17.0 Å². The molecule has 0 radical (unpaired) electrons. The fourth-order valence-electron chi connectivity index (χ4n) is 2.56. The van der Waals surface area contributed by atoms with Crippen LogP contribution in [0.3, 0.4) is 0 Å². The molecule has 2 aromatic carbocycles. The first-order valence-electron chi connectivity index (χ1n) is 6.97. The van der Waals surface area contributed by atoms with E-state index in [1.807, 2.05) is 42.5 Å². The van der Waals surface area contributed by atoms with E-state index >= 15 is 0 Å². The van der Waals surface area contributed by atoms with Crippen LogP contribution in [0.2, 0.25) is 0 Å². The summed E-state index contributed by atoms with van der Waals surface area (Å²) in [6.07, 6.45) is 0.714. The summed E-state index contributed by atoms with van der Waals surface area (Å²) in [4.78, 5) is 25.9. The minimum Gasteiger partial charge on any atom is -0.326 e. The number of nitrogens with zero attached hydrogens (tertiary/aromatic N) is 1. The van der Waals surface area contributed by atoms with Crippen molar-refractivity contribution in [3.05, 3.63) is 60.2 Å². The number of rotatable bonds is 3. The predicted octanol–water partition coefficient (Wildman–Crippen LogP) is 2.60. The van der Waals surface area contributed by atoms with Crippen molar-refractivity contribution in [1.29, 1.82) is 0 Å². The van der Waals surface area contributed by atoms with Crippen LogP contribution < -0.4 is 10.2 Å². The SMILES string of the molecule is O=C(CC(=O)N1CCc2ccccc21)Nc1ccccc1. The van der Waals surface area contributed by atoms with Crippen molar-refractivity contribution in [2.24, 2.45) is 0 Å². The number of carbonyl (C=O) groups excluding carboxylic acids is 2. The molecule has 0 fully saturated rings. The number of amides is 2. The van der Waals surface area contributed by atoms with Gasteiger partial charge >= 0.3 is 0 Å². The van der Waals surface area contributed by atoms with Gasteiger partial charge in [-0.25, -0.2) is 0 Å². The van der Waals surface area contributed by atoms with Crippen molar-refractivity contribution in [1.82, 2.24) is 0 Å². The molecule has 1 aliphatic rings. The molecule has 0 saturated heterocycles. The molecule has 0 spiro atoms. The van der Waals surface area contributed by atoms with E-state index < -0.39 is 0 Å². The van der Waals surface area contributed by atoms with E-state index in [0.717, 1.165) is 17.7 Å². The minimum atomic E-state index is -0.282. The fourth-order valence-corrected chi connectivity index (χ4v) is 2.56. The van der Waals surface area contributed by atoms with E-state index in [-0.39, 0.29) is 18.2 Å². The molecule has 21 heavy (non-hydrogen) atoms. The highest BCUT2D eigenvalue weighted by atomic mass is 16.2. The van der Waals surface area contributed by atoms with Crippen LogP contribution in [0.5, 0.6) is 0 Å². The lowest BCUT2D eigenvalue weighted by molar-refractivity contribution is -0.125. The Kier molecular flexibility index (Phi) is 3.69. The number of anilines is 2. The lowest BCUT2D eigenvalue weighted by Gasteiger charge is -2.17. The molecule has 2 aromatic rings. The first-order chi connectivity index (χ1) is 10.2. The van der Waals surface area contributed by atoms with Crippen LogP contribution in [-0.4, -0.2) is 18.4 Å². The maximum Gasteiger partial charge on any atom is 0.236 e. The third kappa shape index (κ3) is 2.94. The molecule has 3 rings (SSSR count). The molecule has 1 N–H and O–H groups in total. The minimum absolute atomic E-state index is 0.136. The van der Waals surface area contributed by atoms with E-state index in [2.05, 4.69) is 5.32 Å². The van der Waals surface area contributed by atoms with E-state index in [4.69, 9.17) is 0 Å². The third-order valence-electron chi connectivity index (χ3n) is 3.56. The van der Waals surface area contributed by atoms with E-state index in [0.29, 0.717) is 12.2 Å². The van der Waals surface area contributed by atoms with Crippen molar-refractivity contribution in [3.8, 4) is 0 Å². The molecule has 2 amide bonds. The normalized spacial score (nSPS) is 12.9. The largest absolute Gasteiger partial charge is 0.326 e. The van der Waals surface area contributed by atoms with Gasteiger partial charge in [0.15, 0.2) is 0 Å². The molecule has 0 saturated carbocycles. The first-order valence-corrected chi connectivity index (χ1v) is 6.97. The summed E-state index contributed by atoms with van der Waals surface area (Å²) in [6.45, 7) is 0.650. The number of carbonyl (C=O) groups is 2.